The van der Waals surface area contributed by atoms with Crippen LogP contribution in [0.2, 0.25) is 0 Å². The van der Waals surface area contributed by atoms with Crippen LogP contribution in [0.5, 0.6) is 0 Å². The number of nitrogens with zero attached hydrogens (tertiary/aromatic N) is 2. The first-order valence-corrected chi connectivity index (χ1v) is 6.20. The molecule has 17 heavy (non-hydrogen) atoms. The maximum Gasteiger partial charge on any atom is 0.255 e. The number of likely N-dealkylation sites (tertiary alicyclic amines) is 1. The van der Waals surface area contributed by atoms with E-state index in [1.807, 2.05) is 11.0 Å². The van der Waals surface area contributed by atoms with Crippen LogP contribution in [0.25, 0.3) is 0 Å². The first kappa shape index (κ1) is 12.0. The normalized spacial score (nSPS) is 17.1. The summed E-state index contributed by atoms with van der Waals surface area (Å²) >= 11 is 0. The fourth-order valence-electron chi connectivity index (χ4n) is 2.33. The molecule has 0 aromatic carbocycles. The van der Waals surface area contributed by atoms with Crippen LogP contribution in [0.3, 0.4) is 0 Å². The van der Waals surface area contributed by atoms with Gasteiger partial charge < -0.3 is 10.6 Å². The monoisotopic (exact) mass is 233 g/mol. The Labute approximate surface area is 102 Å². The zero-order valence-electron chi connectivity index (χ0n) is 10.0. The first-order chi connectivity index (χ1) is 8.31. The molecule has 1 aromatic heterocycles. The van der Waals surface area contributed by atoms with Gasteiger partial charge in [0.05, 0.1) is 5.56 Å². The molecule has 0 spiro atoms. The summed E-state index contributed by atoms with van der Waals surface area (Å²) in [4.78, 5) is 18.0. The van der Waals surface area contributed by atoms with Gasteiger partial charge in [0.25, 0.3) is 5.91 Å². The Balaban J connectivity index is 1.91. The zero-order chi connectivity index (χ0) is 12.1. The average molecular weight is 233 g/mol. The van der Waals surface area contributed by atoms with Crippen molar-refractivity contribution < 1.29 is 4.79 Å². The van der Waals surface area contributed by atoms with E-state index in [-0.39, 0.29) is 5.91 Å². The number of carbonyl (C=O) groups excluding carboxylic acids is 1. The Hall–Kier alpha value is -1.42. The van der Waals surface area contributed by atoms with Crippen molar-refractivity contribution in [1.82, 2.24) is 9.88 Å². The van der Waals surface area contributed by atoms with Gasteiger partial charge >= 0.3 is 0 Å². The van der Waals surface area contributed by atoms with Crippen LogP contribution >= 0.6 is 0 Å². The standard InChI is InChI=1S/C13H19N3O/c14-6-3-11-4-8-16(9-5-11)13(17)12-2-1-7-15-10-12/h1-2,7,10-11H,3-6,8-9,14H2. The topological polar surface area (TPSA) is 59.2 Å². The van der Waals surface area contributed by atoms with E-state index < -0.39 is 0 Å². The molecule has 0 unspecified atom stereocenters. The minimum absolute atomic E-state index is 0.101. The van der Waals surface area contributed by atoms with Crippen LogP contribution in [0, 0.1) is 5.92 Å². The number of pyridine rings is 1. The zero-order valence-corrected chi connectivity index (χ0v) is 10.0. The average Bonchev–Trinajstić information content (AvgIpc) is 2.40. The van der Waals surface area contributed by atoms with Crippen LogP contribution < -0.4 is 5.73 Å². The molecule has 0 bridgehead atoms. The quantitative estimate of drug-likeness (QED) is 0.855. The van der Waals surface area contributed by atoms with Gasteiger partial charge in [-0.15, -0.1) is 0 Å². The second-order valence-electron chi connectivity index (χ2n) is 4.55. The van der Waals surface area contributed by atoms with Gasteiger partial charge in [-0.05, 0) is 43.9 Å². The second-order valence-corrected chi connectivity index (χ2v) is 4.55. The summed E-state index contributed by atoms with van der Waals surface area (Å²) in [5.74, 6) is 0.794. The molecule has 0 radical (unpaired) electrons. The highest BCUT2D eigenvalue weighted by molar-refractivity contribution is 5.93. The SMILES string of the molecule is NCCC1CCN(C(=O)c2cccnc2)CC1. The smallest absolute Gasteiger partial charge is 0.255 e. The lowest BCUT2D eigenvalue weighted by Crippen LogP contribution is -2.38. The Morgan fingerprint density at radius 1 is 1.47 bits per heavy atom. The summed E-state index contributed by atoms with van der Waals surface area (Å²) in [5, 5.41) is 0. The maximum absolute atomic E-state index is 12.1. The molecule has 0 saturated carbocycles. The molecule has 2 heterocycles. The number of amides is 1. The van der Waals surface area contributed by atoms with Crippen LogP contribution in [0.1, 0.15) is 29.6 Å². The lowest BCUT2D eigenvalue weighted by atomic mass is 9.93. The Kier molecular flexibility index (Phi) is 4.09. The molecule has 2 N–H and O–H groups in total. The van der Waals surface area contributed by atoms with Gasteiger partial charge in [0, 0.05) is 25.5 Å². The third-order valence-electron chi connectivity index (χ3n) is 3.39. The largest absolute Gasteiger partial charge is 0.339 e. The molecular weight excluding hydrogens is 214 g/mol. The molecule has 1 aliphatic rings. The molecule has 1 aliphatic heterocycles. The van der Waals surface area contributed by atoms with Gasteiger partial charge in [-0.2, -0.15) is 0 Å². The molecule has 0 aliphatic carbocycles. The molecule has 1 amide bonds. The maximum atomic E-state index is 12.1. The summed E-state index contributed by atoms with van der Waals surface area (Å²) in [6.45, 7) is 2.44. The highest BCUT2D eigenvalue weighted by atomic mass is 16.2. The van der Waals surface area contributed by atoms with E-state index in [4.69, 9.17) is 5.73 Å². The summed E-state index contributed by atoms with van der Waals surface area (Å²) in [5.41, 5.74) is 6.24. The van der Waals surface area contributed by atoms with Crippen molar-refractivity contribution in [3.63, 3.8) is 0 Å². The van der Waals surface area contributed by atoms with Crippen molar-refractivity contribution >= 4 is 5.91 Å². The van der Waals surface area contributed by atoms with Crippen molar-refractivity contribution in [3.05, 3.63) is 30.1 Å². The fraction of sp³-hybridized carbons (Fsp3) is 0.538. The van der Waals surface area contributed by atoms with Crippen molar-refractivity contribution in [2.24, 2.45) is 11.7 Å². The Bertz CT molecular complexity index is 358. The molecule has 1 saturated heterocycles. The predicted molar refractivity (Wildman–Crippen MR) is 66.5 cm³/mol. The number of hydrogen-bond acceptors (Lipinski definition) is 3. The van der Waals surface area contributed by atoms with Gasteiger partial charge in [0.1, 0.15) is 0 Å². The van der Waals surface area contributed by atoms with E-state index in [0.717, 1.165) is 38.9 Å². The van der Waals surface area contributed by atoms with Crippen molar-refractivity contribution in [1.29, 1.82) is 0 Å². The summed E-state index contributed by atoms with van der Waals surface area (Å²) in [6, 6.07) is 3.62. The molecular formula is C13H19N3O. The summed E-state index contributed by atoms with van der Waals surface area (Å²) < 4.78 is 0. The molecule has 4 heteroatoms. The number of nitrogens with two attached hydrogens (primary N) is 1. The highest BCUT2D eigenvalue weighted by Gasteiger charge is 2.22. The second kappa shape index (κ2) is 5.77. The van der Waals surface area contributed by atoms with E-state index in [2.05, 4.69) is 4.98 Å². The van der Waals surface area contributed by atoms with E-state index in [1.165, 1.54) is 0 Å². The summed E-state index contributed by atoms with van der Waals surface area (Å²) in [6.07, 6.45) is 6.54. The third kappa shape index (κ3) is 3.03. The minimum atomic E-state index is 0.101. The number of aromatic nitrogens is 1. The van der Waals surface area contributed by atoms with Crippen molar-refractivity contribution in [2.75, 3.05) is 19.6 Å². The van der Waals surface area contributed by atoms with Crippen molar-refractivity contribution in [3.8, 4) is 0 Å². The lowest BCUT2D eigenvalue weighted by molar-refractivity contribution is 0.0687. The van der Waals surface area contributed by atoms with E-state index in [1.54, 1.807) is 18.5 Å². The number of carbonyl (C=O) groups is 1. The molecule has 2 rings (SSSR count). The molecule has 0 atom stereocenters. The minimum Gasteiger partial charge on any atom is -0.339 e. The highest BCUT2D eigenvalue weighted by Crippen LogP contribution is 2.20. The van der Waals surface area contributed by atoms with Gasteiger partial charge in [-0.25, -0.2) is 0 Å². The van der Waals surface area contributed by atoms with Crippen LogP contribution in [-0.4, -0.2) is 35.4 Å². The lowest BCUT2D eigenvalue weighted by Gasteiger charge is -2.31. The Morgan fingerprint density at radius 2 is 2.24 bits per heavy atom. The Morgan fingerprint density at radius 3 is 2.82 bits per heavy atom. The molecule has 4 nitrogen and oxygen atoms in total. The van der Waals surface area contributed by atoms with Crippen LogP contribution in [-0.2, 0) is 0 Å². The predicted octanol–water partition coefficient (Wildman–Crippen LogP) is 1.28. The molecule has 1 fully saturated rings. The van der Waals surface area contributed by atoms with Gasteiger partial charge in [-0.3, -0.25) is 9.78 Å². The van der Waals surface area contributed by atoms with Gasteiger partial charge in [0.2, 0.25) is 0 Å². The van der Waals surface area contributed by atoms with E-state index in [0.29, 0.717) is 11.5 Å². The molecule has 92 valence electrons. The van der Waals surface area contributed by atoms with Crippen LogP contribution in [0.15, 0.2) is 24.5 Å². The summed E-state index contributed by atoms with van der Waals surface area (Å²) in [7, 11) is 0. The number of hydrogen-bond donors (Lipinski definition) is 1. The van der Waals surface area contributed by atoms with Crippen LogP contribution in [0.4, 0.5) is 0 Å². The third-order valence-corrected chi connectivity index (χ3v) is 3.39. The van der Waals surface area contributed by atoms with Gasteiger partial charge in [-0.1, -0.05) is 0 Å². The first-order valence-electron chi connectivity index (χ1n) is 6.20. The molecule has 1 aromatic rings. The van der Waals surface area contributed by atoms with E-state index in [9.17, 15) is 4.79 Å². The number of piperidine rings is 1. The fourth-order valence-corrected chi connectivity index (χ4v) is 2.33. The van der Waals surface area contributed by atoms with Gasteiger partial charge in [0.15, 0.2) is 0 Å². The number of rotatable bonds is 3. The van der Waals surface area contributed by atoms with Crippen molar-refractivity contribution in [2.45, 2.75) is 19.3 Å². The van der Waals surface area contributed by atoms with E-state index >= 15 is 0 Å².